The second-order valence-corrected chi connectivity index (χ2v) is 12.5. The summed E-state index contributed by atoms with van der Waals surface area (Å²) in [6.07, 6.45) is 11.4. The molecule has 2 N–H and O–H groups in total. The normalized spacial score (nSPS) is 39.5. The molecule has 0 aromatic rings. The van der Waals surface area contributed by atoms with Gasteiger partial charge < -0.3 is 15.3 Å². The van der Waals surface area contributed by atoms with E-state index in [9.17, 15) is 14.7 Å². The number of carbonyl (C=O) groups excluding carboxylic acids is 2. The third kappa shape index (κ3) is 5.13. The van der Waals surface area contributed by atoms with Crippen molar-refractivity contribution in [3.8, 4) is 0 Å². The Morgan fingerprint density at radius 2 is 1.61 bits per heavy atom. The number of fused-ring (bicyclic) bond motifs is 1. The maximum atomic E-state index is 13.3. The van der Waals surface area contributed by atoms with Crippen LogP contribution in [0.3, 0.4) is 0 Å². The number of aliphatic hydroxyl groups excluding tert-OH is 1. The summed E-state index contributed by atoms with van der Waals surface area (Å²) in [6, 6.07) is 0.139. The molecule has 0 unspecified atom stereocenters. The first-order valence-electron chi connectivity index (χ1n) is 14.0. The third-order valence-electron chi connectivity index (χ3n) is 10.3. The highest BCUT2D eigenvalue weighted by atomic mass is 16.3. The van der Waals surface area contributed by atoms with Gasteiger partial charge in [-0.3, -0.25) is 9.59 Å². The van der Waals surface area contributed by atoms with Crippen molar-refractivity contribution >= 4 is 11.8 Å². The molecule has 0 aromatic heterocycles. The second kappa shape index (κ2) is 10.3. The van der Waals surface area contributed by atoms with Gasteiger partial charge >= 0.3 is 0 Å². The number of amides is 2. The highest BCUT2D eigenvalue weighted by Gasteiger charge is 2.54. The number of carbonyl (C=O) groups is 2. The number of nitrogens with one attached hydrogen (secondary N) is 1. The Kier molecular flexibility index (Phi) is 7.77. The monoisotopic (exact) mass is 460 g/mol. The molecule has 4 fully saturated rings. The molecule has 188 valence electrons. The van der Waals surface area contributed by atoms with E-state index in [1.54, 1.807) is 0 Å². The number of nitrogens with zero attached hydrogens (tertiary/aromatic N) is 1. The van der Waals surface area contributed by atoms with Gasteiger partial charge in [0.1, 0.15) is 0 Å². The Hall–Kier alpha value is -1.10. The van der Waals surface area contributed by atoms with E-state index in [-0.39, 0.29) is 52.9 Å². The van der Waals surface area contributed by atoms with Crippen molar-refractivity contribution < 1.29 is 14.7 Å². The Bertz CT molecular complexity index is 697. The molecule has 4 aliphatic rings. The van der Waals surface area contributed by atoms with Crippen molar-refractivity contribution in [2.24, 2.45) is 40.9 Å². The first-order valence-corrected chi connectivity index (χ1v) is 14.0. The van der Waals surface area contributed by atoms with Gasteiger partial charge in [0.05, 0.1) is 6.10 Å². The first kappa shape index (κ1) is 25.0. The molecule has 3 saturated carbocycles. The number of rotatable bonds is 4. The second-order valence-electron chi connectivity index (χ2n) is 12.5. The Morgan fingerprint density at radius 1 is 0.970 bits per heavy atom. The predicted octanol–water partition coefficient (Wildman–Crippen LogP) is 4.77. The Balaban J connectivity index is 1.42. The number of likely N-dealkylation sites (tertiary alicyclic amines) is 1. The van der Waals surface area contributed by atoms with Crippen molar-refractivity contribution in [3.05, 3.63) is 0 Å². The van der Waals surface area contributed by atoms with E-state index >= 15 is 0 Å². The predicted molar refractivity (Wildman–Crippen MR) is 131 cm³/mol. The van der Waals surface area contributed by atoms with Crippen LogP contribution in [0.5, 0.6) is 0 Å². The summed E-state index contributed by atoms with van der Waals surface area (Å²) in [7, 11) is 0. The zero-order valence-corrected chi connectivity index (χ0v) is 21.5. The van der Waals surface area contributed by atoms with Crippen molar-refractivity contribution in [3.63, 3.8) is 0 Å². The quantitative estimate of drug-likeness (QED) is 0.635. The van der Waals surface area contributed by atoms with Crippen LogP contribution in [0.2, 0.25) is 0 Å². The zero-order chi connectivity index (χ0) is 23.8. The van der Waals surface area contributed by atoms with E-state index in [2.05, 4.69) is 26.1 Å². The number of aliphatic hydroxyl groups is 1. The maximum absolute atomic E-state index is 13.3. The zero-order valence-electron chi connectivity index (χ0n) is 21.5. The van der Waals surface area contributed by atoms with Gasteiger partial charge in [-0.25, -0.2) is 0 Å². The molecule has 7 atom stereocenters. The van der Waals surface area contributed by atoms with Gasteiger partial charge in [0.15, 0.2) is 0 Å². The van der Waals surface area contributed by atoms with Crippen LogP contribution in [0.15, 0.2) is 0 Å². The topological polar surface area (TPSA) is 69.6 Å². The lowest BCUT2D eigenvalue weighted by Gasteiger charge is -2.56. The summed E-state index contributed by atoms with van der Waals surface area (Å²) < 4.78 is 0. The number of hydrogen-bond donors (Lipinski definition) is 2. The Labute approximate surface area is 201 Å². The van der Waals surface area contributed by atoms with Crippen LogP contribution in [-0.4, -0.2) is 47.1 Å². The van der Waals surface area contributed by atoms with Crippen LogP contribution in [0.4, 0.5) is 0 Å². The summed E-state index contributed by atoms with van der Waals surface area (Å²) >= 11 is 0. The van der Waals surface area contributed by atoms with Crippen molar-refractivity contribution in [1.82, 2.24) is 10.2 Å². The van der Waals surface area contributed by atoms with E-state index in [1.807, 2.05) is 11.8 Å². The van der Waals surface area contributed by atoms with Crippen LogP contribution >= 0.6 is 0 Å². The largest absolute Gasteiger partial charge is 0.392 e. The fourth-order valence-electron chi connectivity index (χ4n) is 7.86. The van der Waals surface area contributed by atoms with Gasteiger partial charge in [0.25, 0.3) is 0 Å². The minimum absolute atomic E-state index is 0.0187. The molecule has 1 heterocycles. The van der Waals surface area contributed by atoms with E-state index in [4.69, 9.17) is 0 Å². The highest BCUT2D eigenvalue weighted by molar-refractivity contribution is 5.79. The molecule has 5 nitrogen and oxygen atoms in total. The number of hydrogen-bond acceptors (Lipinski definition) is 3. The van der Waals surface area contributed by atoms with Crippen molar-refractivity contribution in [1.29, 1.82) is 0 Å². The molecule has 2 amide bonds. The molecule has 0 radical (unpaired) electrons. The van der Waals surface area contributed by atoms with Crippen LogP contribution in [0.25, 0.3) is 0 Å². The van der Waals surface area contributed by atoms with Gasteiger partial charge in [-0.15, -0.1) is 0 Å². The summed E-state index contributed by atoms with van der Waals surface area (Å²) in [5.41, 5.74) is 0.102. The minimum Gasteiger partial charge on any atom is -0.392 e. The molecule has 0 aromatic carbocycles. The molecular formula is C28H48N2O3. The molecule has 1 aliphatic heterocycles. The van der Waals surface area contributed by atoms with Crippen molar-refractivity contribution in [2.45, 2.75) is 110 Å². The smallest absolute Gasteiger partial charge is 0.225 e. The molecule has 0 bridgehead atoms. The maximum Gasteiger partial charge on any atom is 0.225 e. The van der Waals surface area contributed by atoms with Gasteiger partial charge in [-0.05, 0) is 80.5 Å². The fraction of sp³-hybridized carbons (Fsp3) is 0.929. The van der Waals surface area contributed by atoms with Gasteiger partial charge in [0.2, 0.25) is 11.8 Å². The third-order valence-corrected chi connectivity index (χ3v) is 10.3. The summed E-state index contributed by atoms with van der Waals surface area (Å²) in [6.45, 7) is 10.6. The Morgan fingerprint density at radius 3 is 2.27 bits per heavy atom. The summed E-state index contributed by atoms with van der Waals surface area (Å²) in [5, 5.41) is 15.1. The van der Waals surface area contributed by atoms with Crippen LogP contribution in [0.1, 0.15) is 98.3 Å². The van der Waals surface area contributed by atoms with E-state index in [1.165, 1.54) is 19.3 Å². The van der Waals surface area contributed by atoms with Crippen LogP contribution in [-0.2, 0) is 9.59 Å². The molecule has 4 rings (SSSR count). The SMILES string of the molecule is CC1CCN(C(=O)[C@@H](C)[C@@H]2CC[C@@]3(C)CC[C@H](NC(=O)C4CCCCC4)[C@@H](C)[C@@H]3[C@H]2O)CC1. The lowest BCUT2D eigenvalue weighted by atomic mass is 9.51. The van der Waals surface area contributed by atoms with Crippen LogP contribution < -0.4 is 5.32 Å². The average molecular weight is 461 g/mol. The van der Waals surface area contributed by atoms with Gasteiger partial charge in [-0.2, -0.15) is 0 Å². The lowest BCUT2D eigenvalue weighted by molar-refractivity contribution is -0.152. The molecule has 33 heavy (non-hydrogen) atoms. The fourth-order valence-corrected chi connectivity index (χ4v) is 7.86. The van der Waals surface area contributed by atoms with E-state index in [0.717, 1.165) is 64.5 Å². The molecule has 3 aliphatic carbocycles. The van der Waals surface area contributed by atoms with E-state index in [0.29, 0.717) is 5.92 Å². The minimum atomic E-state index is -0.476. The highest BCUT2D eigenvalue weighted by Crippen LogP contribution is 2.55. The lowest BCUT2D eigenvalue weighted by Crippen LogP contribution is -2.59. The molecule has 1 saturated heterocycles. The van der Waals surface area contributed by atoms with Gasteiger partial charge in [0, 0.05) is 31.0 Å². The van der Waals surface area contributed by atoms with Crippen LogP contribution in [0, 0.1) is 40.9 Å². The first-order chi connectivity index (χ1) is 15.7. The average Bonchev–Trinajstić information content (AvgIpc) is 2.81. The summed E-state index contributed by atoms with van der Waals surface area (Å²) in [4.78, 5) is 28.3. The van der Waals surface area contributed by atoms with E-state index < -0.39 is 6.10 Å². The standard InChI is InChI=1S/C28H48N2O3/c1-18-12-16-30(17-13-18)27(33)19(2)22-10-14-28(4)15-11-23(20(3)24(28)25(22)31)29-26(32)21-8-6-5-7-9-21/h18-25,31H,5-17H2,1-4H3,(H,29,32)/t19-,20+,22-,23-,24+,25-,28-/m0/s1. The molecule has 0 spiro atoms. The molecular weight excluding hydrogens is 412 g/mol. The van der Waals surface area contributed by atoms with Gasteiger partial charge in [-0.1, -0.05) is 47.0 Å². The number of piperidine rings is 1. The molecule has 5 heteroatoms. The van der Waals surface area contributed by atoms with Crippen molar-refractivity contribution in [2.75, 3.05) is 13.1 Å². The summed E-state index contributed by atoms with van der Waals surface area (Å²) in [5.74, 6) is 1.60.